The summed E-state index contributed by atoms with van der Waals surface area (Å²) in [5, 5.41) is 4.00. The fraction of sp³-hybridized carbons (Fsp3) is 0.714. The number of rotatable bonds is 3. The van der Waals surface area contributed by atoms with Gasteiger partial charge in [-0.1, -0.05) is 24.6 Å². The molecule has 0 radical (unpaired) electrons. The van der Waals surface area contributed by atoms with Crippen molar-refractivity contribution in [3.63, 3.8) is 0 Å². The van der Waals surface area contributed by atoms with E-state index in [2.05, 4.69) is 11.9 Å². The summed E-state index contributed by atoms with van der Waals surface area (Å²) in [4.78, 5) is 0. The summed E-state index contributed by atoms with van der Waals surface area (Å²) >= 11 is 5.55. The van der Waals surface area contributed by atoms with Gasteiger partial charge in [-0.15, -0.1) is 0 Å². The quantitative estimate of drug-likeness (QED) is 0.640. The van der Waals surface area contributed by atoms with Crippen molar-refractivity contribution in [2.75, 3.05) is 6.54 Å². The summed E-state index contributed by atoms with van der Waals surface area (Å²) < 4.78 is 0. The minimum absolute atomic E-state index is 0.710. The molecule has 0 aromatic rings. The van der Waals surface area contributed by atoms with E-state index in [-0.39, 0.29) is 0 Å². The average molecular weight is 146 g/mol. The molecular weight excluding hydrogens is 134 g/mol. The largest absolute Gasteiger partial charge is 0.309 e. The SMILES string of the molecule is C=C(Cl)CNC1CCC1. The van der Waals surface area contributed by atoms with Gasteiger partial charge >= 0.3 is 0 Å². The molecule has 1 aliphatic rings. The predicted octanol–water partition coefficient (Wildman–Crippen LogP) is 1.88. The smallest absolute Gasteiger partial charge is 0.0310 e. The van der Waals surface area contributed by atoms with E-state index >= 15 is 0 Å². The van der Waals surface area contributed by atoms with Gasteiger partial charge in [0.2, 0.25) is 0 Å². The van der Waals surface area contributed by atoms with Gasteiger partial charge in [-0.05, 0) is 12.8 Å². The first-order chi connectivity index (χ1) is 4.29. The van der Waals surface area contributed by atoms with Gasteiger partial charge in [0.15, 0.2) is 0 Å². The predicted molar refractivity (Wildman–Crippen MR) is 40.6 cm³/mol. The minimum Gasteiger partial charge on any atom is -0.309 e. The van der Waals surface area contributed by atoms with Gasteiger partial charge in [0.05, 0.1) is 0 Å². The second kappa shape index (κ2) is 3.23. The van der Waals surface area contributed by atoms with E-state index in [4.69, 9.17) is 11.6 Å². The molecule has 1 nitrogen and oxygen atoms in total. The molecule has 2 heteroatoms. The van der Waals surface area contributed by atoms with E-state index < -0.39 is 0 Å². The fourth-order valence-corrected chi connectivity index (χ4v) is 0.945. The van der Waals surface area contributed by atoms with Crippen LogP contribution in [-0.2, 0) is 0 Å². The molecule has 0 atom stereocenters. The fourth-order valence-electron chi connectivity index (χ4n) is 0.867. The number of hydrogen-bond donors (Lipinski definition) is 1. The summed E-state index contributed by atoms with van der Waals surface area (Å²) in [6.07, 6.45) is 3.99. The Kier molecular flexibility index (Phi) is 2.55. The zero-order chi connectivity index (χ0) is 6.69. The Morgan fingerprint density at radius 2 is 2.33 bits per heavy atom. The van der Waals surface area contributed by atoms with Gasteiger partial charge in [0.1, 0.15) is 0 Å². The molecule has 0 heterocycles. The third kappa shape index (κ3) is 2.37. The lowest BCUT2D eigenvalue weighted by atomic mass is 9.93. The summed E-state index contributed by atoms with van der Waals surface area (Å²) in [5.74, 6) is 0. The maximum Gasteiger partial charge on any atom is 0.0310 e. The summed E-state index contributed by atoms with van der Waals surface area (Å²) in [7, 11) is 0. The van der Waals surface area contributed by atoms with Crippen LogP contribution in [0.2, 0.25) is 0 Å². The van der Waals surface area contributed by atoms with Crippen molar-refractivity contribution < 1.29 is 0 Å². The molecule has 1 rings (SSSR count). The molecule has 1 aliphatic carbocycles. The summed E-state index contributed by atoms with van der Waals surface area (Å²) in [6.45, 7) is 4.36. The Bertz CT molecular complexity index is 107. The maximum atomic E-state index is 5.55. The maximum absolute atomic E-state index is 5.55. The minimum atomic E-state index is 0.710. The zero-order valence-corrected chi connectivity index (χ0v) is 6.25. The molecule has 9 heavy (non-hydrogen) atoms. The standard InChI is InChI=1S/C7H12ClN/c1-6(8)5-9-7-3-2-4-7/h7,9H,1-5H2. The Morgan fingerprint density at radius 1 is 1.67 bits per heavy atom. The molecule has 0 aromatic heterocycles. The molecule has 0 aromatic carbocycles. The molecule has 0 aliphatic heterocycles. The average Bonchev–Trinajstić information content (AvgIpc) is 1.60. The molecule has 52 valence electrons. The highest BCUT2D eigenvalue weighted by molar-refractivity contribution is 6.29. The number of hydrogen-bond acceptors (Lipinski definition) is 1. The molecule has 0 unspecified atom stereocenters. The van der Waals surface area contributed by atoms with E-state index in [0.29, 0.717) is 5.03 Å². The van der Waals surface area contributed by atoms with E-state index in [0.717, 1.165) is 12.6 Å². The van der Waals surface area contributed by atoms with Crippen LogP contribution in [0.1, 0.15) is 19.3 Å². The van der Waals surface area contributed by atoms with Crippen molar-refractivity contribution in [3.05, 3.63) is 11.6 Å². The highest BCUT2D eigenvalue weighted by atomic mass is 35.5. The van der Waals surface area contributed by atoms with Crippen LogP contribution in [0.3, 0.4) is 0 Å². The normalized spacial score (nSPS) is 19.2. The van der Waals surface area contributed by atoms with E-state index in [9.17, 15) is 0 Å². The first kappa shape index (κ1) is 7.10. The highest BCUT2D eigenvalue weighted by Crippen LogP contribution is 2.17. The topological polar surface area (TPSA) is 12.0 Å². The van der Waals surface area contributed by atoms with Gasteiger partial charge < -0.3 is 5.32 Å². The van der Waals surface area contributed by atoms with Crippen LogP contribution in [0.25, 0.3) is 0 Å². The second-order valence-corrected chi connectivity index (χ2v) is 3.06. The van der Waals surface area contributed by atoms with Gasteiger partial charge in [0, 0.05) is 17.6 Å². The summed E-state index contributed by atoms with van der Waals surface area (Å²) in [5.41, 5.74) is 0. The third-order valence-electron chi connectivity index (χ3n) is 1.69. The van der Waals surface area contributed by atoms with Crippen LogP contribution in [-0.4, -0.2) is 12.6 Å². The lowest BCUT2D eigenvalue weighted by molar-refractivity contribution is 0.351. The van der Waals surface area contributed by atoms with E-state index in [1.165, 1.54) is 19.3 Å². The van der Waals surface area contributed by atoms with Crippen LogP contribution < -0.4 is 5.32 Å². The Labute approximate surface area is 61.1 Å². The van der Waals surface area contributed by atoms with Crippen molar-refractivity contribution in [2.24, 2.45) is 0 Å². The first-order valence-corrected chi connectivity index (χ1v) is 3.73. The molecule has 1 fully saturated rings. The molecule has 0 bridgehead atoms. The number of halogens is 1. The molecular formula is C7H12ClN. The van der Waals surface area contributed by atoms with Crippen LogP contribution in [0.5, 0.6) is 0 Å². The van der Waals surface area contributed by atoms with Crippen molar-refractivity contribution in [3.8, 4) is 0 Å². The van der Waals surface area contributed by atoms with Crippen molar-refractivity contribution in [1.82, 2.24) is 5.32 Å². The molecule has 0 spiro atoms. The Balaban J connectivity index is 1.97. The lowest BCUT2D eigenvalue weighted by Crippen LogP contribution is -2.35. The molecule has 0 amide bonds. The van der Waals surface area contributed by atoms with Gasteiger partial charge in [0.25, 0.3) is 0 Å². The monoisotopic (exact) mass is 145 g/mol. The van der Waals surface area contributed by atoms with Gasteiger partial charge in [-0.2, -0.15) is 0 Å². The number of nitrogens with one attached hydrogen (secondary N) is 1. The Hall–Kier alpha value is -0.0100. The molecule has 1 N–H and O–H groups in total. The van der Waals surface area contributed by atoms with Crippen LogP contribution in [0.15, 0.2) is 11.6 Å². The van der Waals surface area contributed by atoms with E-state index in [1.807, 2.05) is 0 Å². The second-order valence-electron chi connectivity index (χ2n) is 2.53. The third-order valence-corrected chi connectivity index (χ3v) is 1.82. The van der Waals surface area contributed by atoms with Gasteiger partial charge in [-0.25, -0.2) is 0 Å². The molecule has 1 saturated carbocycles. The van der Waals surface area contributed by atoms with Crippen LogP contribution in [0.4, 0.5) is 0 Å². The van der Waals surface area contributed by atoms with E-state index in [1.54, 1.807) is 0 Å². The Morgan fingerprint density at radius 3 is 2.67 bits per heavy atom. The summed E-state index contributed by atoms with van der Waals surface area (Å²) in [6, 6.07) is 0.723. The first-order valence-electron chi connectivity index (χ1n) is 3.35. The molecule has 0 saturated heterocycles. The van der Waals surface area contributed by atoms with Crippen molar-refractivity contribution in [1.29, 1.82) is 0 Å². The van der Waals surface area contributed by atoms with Crippen molar-refractivity contribution >= 4 is 11.6 Å². The zero-order valence-electron chi connectivity index (χ0n) is 5.49. The van der Waals surface area contributed by atoms with Crippen LogP contribution in [0, 0.1) is 0 Å². The van der Waals surface area contributed by atoms with Crippen molar-refractivity contribution in [2.45, 2.75) is 25.3 Å². The highest BCUT2D eigenvalue weighted by Gasteiger charge is 2.15. The van der Waals surface area contributed by atoms with Gasteiger partial charge in [-0.3, -0.25) is 0 Å². The van der Waals surface area contributed by atoms with Crippen LogP contribution >= 0.6 is 11.6 Å². The lowest BCUT2D eigenvalue weighted by Gasteiger charge is -2.26.